The zero-order valence-electron chi connectivity index (χ0n) is 13.8. The van der Waals surface area contributed by atoms with E-state index in [2.05, 4.69) is 21.6 Å². The molecule has 1 aliphatic rings. The second kappa shape index (κ2) is 9.04. The minimum atomic E-state index is -0.0586. The smallest absolute Gasteiger partial charge is 0.255 e. The van der Waals surface area contributed by atoms with Crippen molar-refractivity contribution in [1.82, 2.24) is 10.2 Å². The fourth-order valence-electron chi connectivity index (χ4n) is 2.75. The summed E-state index contributed by atoms with van der Waals surface area (Å²) in [7, 11) is 4.06. The van der Waals surface area contributed by atoms with E-state index in [0.29, 0.717) is 5.56 Å². The number of fused-ring (bicyclic) bond motifs is 1. The Balaban J connectivity index is 0.00000144. The van der Waals surface area contributed by atoms with Crippen molar-refractivity contribution in [3.05, 3.63) is 64.7 Å². The van der Waals surface area contributed by atoms with E-state index in [9.17, 15) is 4.79 Å². The van der Waals surface area contributed by atoms with Gasteiger partial charge in [0.1, 0.15) is 0 Å². The third-order valence-corrected chi connectivity index (χ3v) is 3.78. The topological polar surface area (TPSA) is 44.4 Å². The number of hydrogen-bond donors (Lipinski definition) is 2. The van der Waals surface area contributed by atoms with Gasteiger partial charge < -0.3 is 15.5 Å². The maximum absolute atomic E-state index is 12.4. The van der Waals surface area contributed by atoms with Crippen molar-refractivity contribution >= 4 is 36.4 Å². The average molecular weight is 368 g/mol. The number of carbonyl (C=O) groups is 1. The Hall–Kier alpha value is -1.59. The first kappa shape index (κ1) is 20.5. The Morgan fingerprint density at radius 2 is 1.83 bits per heavy atom. The van der Waals surface area contributed by atoms with Crippen LogP contribution in [0.25, 0.3) is 0 Å². The highest BCUT2D eigenvalue weighted by molar-refractivity contribution is 6.04. The predicted molar refractivity (Wildman–Crippen MR) is 103 cm³/mol. The van der Waals surface area contributed by atoms with Gasteiger partial charge in [0.15, 0.2) is 0 Å². The SMILES string of the molecule is CN(C)Cc1cccc(NC(=O)c2ccc3c(c2)CNC3)c1.Cl.Cl. The molecule has 24 heavy (non-hydrogen) atoms. The minimum absolute atomic E-state index is 0. The molecule has 2 N–H and O–H groups in total. The van der Waals surface area contributed by atoms with E-state index >= 15 is 0 Å². The number of anilines is 1. The van der Waals surface area contributed by atoms with Gasteiger partial charge in [-0.3, -0.25) is 4.79 Å². The fourth-order valence-corrected chi connectivity index (χ4v) is 2.75. The first-order chi connectivity index (χ1) is 10.6. The fraction of sp³-hybridized carbons (Fsp3) is 0.278. The third-order valence-electron chi connectivity index (χ3n) is 3.78. The van der Waals surface area contributed by atoms with Crippen LogP contribution in [-0.2, 0) is 19.6 Å². The van der Waals surface area contributed by atoms with Crippen molar-refractivity contribution in [2.24, 2.45) is 0 Å². The standard InChI is InChI=1S/C18H21N3O.2ClH/c1-21(2)12-13-4-3-5-17(8-13)20-18(22)14-6-7-15-10-19-11-16(15)9-14;;/h3-9,19H,10-12H2,1-2H3,(H,20,22);2*1H. The molecule has 1 amide bonds. The van der Waals surface area contributed by atoms with Gasteiger partial charge in [-0.05, 0) is 55.1 Å². The molecule has 0 radical (unpaired) electrons. The van der Waals surface area contributed by atoms with Crippen LogP contribution in [0, 0.1) is 0 Å². The molecule has 6 heteroatoms. The summed E-state index contributed by atoms with van der Waals surface area (Å²) >= 11 is 0. The molecular weight excluding hydrogens is 345 g/mol. The van der Waals surface area contributed by atoms with Crippen LogP contribution in [0.1, 0.15) is 27.0 Å². The highest BCUT2D eigenvalue weighted by Gasteiger charge is 2.13. The maximum atomic E-state index is 12.4. The highest BCUT2D eigenvalue weighted by Crippen LogP contribution is 2.18. The maximum Gasteiger partial charge on any atom is 0.255 e. The molecule has 130 valence electrons. The van der Waals surface area contributed by atoms with E-state index in [0.717, 1.165) is 25.3 Å². The summed E-state index contributed by atoms with van der Waals surface area (Å²) in [5.74, 6) is -0.0586. The summed E-state index contributed by atoms with van der Waals surface area (Å²) in [5, 5.41) is 6.28. The zero-order valence-corrected chi connectivity index (χ0v) is 15.5. The number of halogens is 2. The van der Waals surface area contributed by atoms with Gasteiger partial charge in [0.05, 0.1) is 0 Å². The zero-order chi connectivity index (χ0) is 15.5. The van der Waals surface area contributed by atoms with Crippen LogP contribution in [0.3, 0.4) is 0 Å². The molecule has 1 aliphatic heterocycles. The molecule has 0 atom stereocenters. The Kier molecular flexibility index (Phi) is 7.70. The lowest BCUT2D eigenvalue weighted by atomic mass is 10.1. The molecule has 2 aromatic rings. The summed E-state index contributed by atoms with van der Waals surface area (Å²) in [4.78, 5) is 14.5. The van der Waals surface area contributed by atoms with Crippen molar-refractivity contribution in [3.63, 3.8) is 0 Å². The number of nitrogens with zero attached hydrogens (tertiary/aromatic N) is 1. The van der Waals surface area contributed by atoms with Gasteiger partial charge in [0, 0.05) is 30.9 Å². The number of hydrogen-bond acceptors (Lipinski definition) is 3. The number of amides is 1. The van der Waals surface area contributed by atoms with Gasteiger partial charge in [-0.2, -0.15) is 0 Å². The molecule has 0 saturated heterocycles. The van der Waals surface area contributed by atoms with Gasteiger partial charge in [0.2, 0.25) is 0 Å². The van der Waals surface area contributed by atoms with Crippen LogP contribution < -0.4 is 10.6 Å². The van der Waals surface area contributed by atoms with E-state index in [1.54, 1.807) is 0 Å². The number of rotatable bonds is 4. The molecule has 4 nitrogen and oxygen atoms in total. The molecule has 2 aromatic carbocycles. The molecule has 0 bridgehead atoms. The minimum Gasteiger partial charge on any atom is -0.322 e. The first-order valence-corrected chi connectivity index (χ1v) is 7.49. The van der Waals surface area contributed by atoms with Gasteiger partial charge in [-0.25, -0.2) is 0 Å². The van der Waals surface area contributed by atoms with Crippen LogP contribution in [0.5, 0.6) is 0 Å². The summed E-state index contributed by atoms with van der Waals surface area (Å²) in [6.45, 7) is 2.59. The van der Waals surface area contributed by atoms with E-state index < -0.39 is 0 Å². The quantitative estimate of drug-likeness (QED) is 0.869. The predicted octanol–water partition coefficient (Wildman–Crippen LogP) is 3.45. The molecule has 0 aliphatic carbocycles. The summed E-state index contributed by atoms with van der Waals surface area (Å²) in [5.41, 5.74) is 5.22. The van der Waals surface area contributed by atoms with Crippen molar-refractivity contribution in [2.75, 3.05) is 19.4 Å². The molecule has 0 unspecified atom stereocenters. The lowest BCUT2D eigenvalue weighted by molar-refractivity contribution is 0.102. The molecule has 0 saturated carbocycles. The summed E-state index contributed by atoms with van der Waals surface area (Å²) in [6, 6.07) is 13.9. The van der Waals surface area contributed by atoms with Gasteiger partial charge >= 0.3 is 0 Å². The van der Waals surface area contributed by atoms with Crippen molar-refractivity contribution < 1.29 is 4.79 Å². The second-order valence-corrected chi connectivity index (χ2v) is 5.98. The van der Waals surface area contributed by atoms with Crippen LogP contribution >= 0.6 is 24.8 Å². The van der Waals surface area contributed by atoms with E-state index in [-0.39, 0.29) is 30.7 Å². The molecule has 0 fully saturated rings. The highest BCUT2D eigenvalue weighted by atomic mass is 35.5. The van der Waals surface area contributed by atoms with Crippen molar-refractivity contribution in [3.8, 4) is 0 Å². The number of carbonyl (C=O) groups excluding carboxylic acids is 1. The summed E-state index contributed by atoms with van der Waals surface area (Å²) in [6.07, 6.45) is 0. The normalized spacial score (nSPS) is 12.1. The number of benzene rings is 2. The van der Waals surface area contributed by atoms with E-state index in [1.165, 1.54) is 16.7 Å². The van der Waals surface area contributed by atoms with Crippen LogP contribution in [-0.4, -0.2) is 24.9 Å². The Morgan fingerprint density at radius 1 is 1.08 bits per heavy atom. The van der Waals surface area contributed by atoms with E-state index in [4.69, 9.17) is 0 Å². The first-order valence-electron chi connectivity index (χ1n) is 7.49. The molecular formula is C18H23Cl2N3O. The lowest BCUT2D eigenvalue weighted by Gasteiger charge is -2.12. The van der Waals surface area contributed by atoms with Gasteiger partial charge in [-0.1, -0.05) is 18.2 Å². The largest absolute Gasteiger partial charge is 0.322 e. The third kappa shape index (κ3) is 4.95. The molecule has 1 heterocycles. The molecule has 0 spiro atoms. The molecule has 3 rings (SSSR count). The summed E-state index contributed by atoms with van der Waals surface area (Å²) < 4.78 is 0. The molecule has 0 aromatic heterocycles. The Bertz CT molecular complexity index is 704. The van der Waals surface area contributed by atoms with Crippen LogP contribution in [0.2, 0.25) is 0 Å². The van der Waals surface area contributed by atoms with Gasteiger partial charge in [-0.15, -0.1) is 24.8 Å². The van der Waals surface area contributed by atoms with Crippen molar-refractivity contribution in [2.45, 2.75) is 19.6 Å². The van der Waals surface area contributed by atoms with Crippen LogP contribution in [0.4, 0.5) is 5.69 Å². The van der Waals surface area contributed by atoms with Gasteiger partial charge in [0.25, 0.3) is 5.91 Å². The van der Waals surface area contributed by atoms with E-state index in [1.807, 2.05) is 50.5 Å². The van der Waals surface area contributed by atoms with Crippen LogP contribution in [0.15, 0.2) is 42.5 Å². The second-order valence-electron chi connectivity index (χ2n) is 5.98. The number of nitrogens with one attached hydrogen (secondary N) is 2. The lowest BCUT2D eigenvalue weighted by Crippen LogP contribution is -2.14. The Labute approximate surface area is 155 Å². The monoisotopic (exact) mass is 367 g/mol. The average Bonchev–Trinajstić information content (AvgIpc) is 2.94. The van der Waals surface area contributed by atoms with Crippen molar-refractivity contribution in [1.29, 1.82) is 0 Å². The Morgan fingerprint density at radius 3 is 2.58 bits per heavy atom.